The lowest BCUT2D eigenvalue weighted by Crippen LogP contribution is -2.25. The average molecular weight is 391 g/mol. The van der Waals surface area contributed by atoms with Crippen LogP contribution in [0.1, 0.15) is 22.8 Å². The van der Waals surface area contributed by atoms with Crippen LogP contribution in [0.15, 0.2) is 66.9 Å². The Kier molecular flexibility index (Phi) is 7.05. The molecule has 3 rings (SSSR count). The zero-order valence-electron chi connectivity index (χ0n) is 16.6. The summed E-state index contributed by atoms with van der Waals surface area (Å²) >= 11 is 0. The van der Waals surface area contributed by atoms with E-state index >= 15 is 0 Å². The summed E-state index contributed by atoms with van der Waals surface area (Å²) < 4.78 is 10.6. The molecule has 6 heteroatoms. The average Bonchev–Trinajstić information content (AvgIpc) is 2.76. The van der Waals surface area contributed by atoms with Gasteiger partial charge in [0, 0.05) is 24.0 Å². The van der Waals surface area contributed by atoms with Crippen molar-refractivity contribution >= 4 is 17.4 Å². The van der Waals surface area contributed by atoms with E-state index in [4.69, 9.17) is 9.47 Å². The van der Waals surface area contributed by atoms with E-state index in [1.807, 2.05) is 55.5 Å². The number of rotatable bonds is 9. The van der Waals surface area contributed by atoms with Gasteiger partial charge in [-0.05, 0) is 67.4 Å². The van der Waals surface area contributed by atoms with Crippen LogP contribution in [0.3, 0.4) is 0 Å². The van der Waals surface area contributed by atoms with E-state index < -0.39 is 0 Å². The zero-order valence-corrected chi connectivity index (χ0v) is 16.6. The minimum atomic E-state index is -0.129. The van der Waals surface area contributed by atoms with Crippen molar-refractivity contribution in [2.75, 3.05) is 25.6 Å². The highest BCUT2D eigenvalue weighted by Gasteiger charge is 2.07. The number of carbonyl (C=O) groups is 1. The van der Waals surface area contributed by atoms with Gasteiger partial charge in [0.1, 0.15) is 17.3 Å². The largest absolute Gasteiger partial charge is 0.497 e. The molecular weight excluding hydrogens is 366 g/mol. The summed E-state index contributed by atoms with van der Waals surface area (Å²) in [7, 11) is 1.64. The SMILES string of the molecule is CCOc1ccc(Nc2cc(C(=O)NCCc3ccc(OC)cc3)ccn2)cc1. The van der Waals surface area contributed by atoms with Crippen LogP contribution in [0.25, 0.3) is 0 Å². The number of carbonyl (C=O) groups excluding carboxylic acids is 1. The maximum absolute atomic E-state index is 12.5. The Hall–Kier alpha value is -3.54. The van der Waals surface area contributed by atoms with Crippen molar-refractivity contribution in [3.05, 3.63) is 78.0 Å². The second-order valence-electron chi connectivity index (χ2n) is 6.37. The van der Waals surface area contributed by atoms with Gasteiger partial charge >= 0.3 is 0 Å². The van der Waals surface area contributed by atoms with Gasteiger partial charge in [-0.3, -0.25) is 4.79 Å². The number of amides is 1. The first kappa shape index (κ1) is 20.2. The Morgan fingerprint density at radius 2 is 1.72 bits per heavy atom. The third kappa shape index (κ3) is 5.97. The summed E-state index contributed by atoms with van der Waals surface area (Å²) in [4.78, 5) is 16.7. The molecule has 0 atom stereocenters. The van der Waals surface area contributed by atoms with Crippen LogP contribution in [0.4, 0.5) is 11.5 Å². The second kappa shape index (κ2) is 10.1. The summed E-state index contributed by atoms with van der Waals surface area (Å²) in [6, 6.07) is 18.9. The van der Waals surface area contributed by atoms with Crippen LogP contribution in [-0.2, 0) is 6.42 Å². The number of hydrogen-bond donors (Lipinski definition) is 2. The molecule has 0 bridgehead atoms. The van der Waals surface area contributed by atoms with Gasteiger partial charge in [-0.1, -0.05) is 12.1 Å². The molecule has 29 heavy (non-hydrogen) atoms. The highest BCUT2D eigenvalue weighted by molar-refractivity contribution is 5.94. The summed E-state index contributed by atoms with van der Waals surface area (Å²) in [6.07, 6.45) is 2.37. The molecule has 1 aromatic heterocycles. The number of aromatic nitrogens is 1. The first-order valence-electron chi connectivity index (χ1n) is 9.55. The number of benzene rings is 2. The van der Waals surface area contributed by atoms with Crippen molar-refractivity contribution in [2.24, 2.45) is 0 Å². The maximum Gasteiger partial charge on any atom is 0.251 e. The molecule has 150 valence electrons. The molecule has 0 saturated carbocycles. The predicted octanol–water partition coefficient (Wildman–Crippen LogP) is 4.21. The molecule has 0 aliphatic carbocycles. The van der Waals surface area contributed by atoms with Gasteiger partial charge < -0.3 is 20.1 Å². The van der Waals surface area contributed by atoms with Gasteiger partial charge in [-0.25, -0.2) is 4.98 Å². The Morgan fingerprint density at radius 3 is 2.41 bits per heavy atom. The summed E-state index contributed by atoms with van der Waals surface area (Å²) in [5, 5.41) is 6.15. The highest BCUT2D eigenvalue weighted by atomic mass is 16.5. The van der Waals surface area contributed by atoms with Crippen LogP contribution in [0.2, 0.25) is 0 Å². The molecule has 0 radical (unpaired) electrons. The van der Waals surface area contributed by atoms with Crippen molar-refractivity contribution in [3.63, 3.8) is 0 Å². The quantitative estimate of drug-likeness (QED) is 0.572. The lowest BCUT2D eigenvalue weighted by Gasteiger charge is -2.09. The Balaban J connectivity index is 1.54. The fourth-order valence-electron chi connectivity index (χ4n) is 2.80. The van der Waals surface area contributed by atoms with E-state index in [0.717, 1.165) is 29.2 Å². The highest BCUT2D eigenvalue weighted by Crippen LogP contribution is 2.19. The number of hydrogen-bond acceptors (Lipinski definition) is 5. The van der Waals surface area contributed by atoms with Gasteiger partial charge in [0.15, 0.2) is 0 Å². The molecule has 2 N–H and O–H groups in total. The van der Waals surface area contributed by atoms with Crippen molar-refractivity contribution in [1.82, 2.24) is 10.3 Å². The summed E-state index contributed by atoms with van der Waals surface area (Å²) in [6.45, 7) is 3.13. The molecule has 0 aliphatic rings. The minimum Gasteiger partial charge on any atom is -0.497 e. The third-order valence-electron chi connectivity index (χ3n) is 4.32. The molecule has 0 saturated heterocycles. The molecule has 1 heterocycles. The van der Waals surface area contributed by atoms with E-state index in [0.29, 0.717) is 24.5 Å². The molecule has 0 fully saturated rings. The monoisotopic (exact) mass is 391 g/mol. The van der Waals surface area contributed by atoms with Gasteiger partial charge in [0.05, 0.1) is 13.7 Å². The topological polar surface area (TPSA) is 72.5 Å². The molecule has 2 aromatic carbocycles. The van der Waals surface area contributed by atoms with E-state index in [2.05, 4.69) is 15.6 Å². The number of nitrogens with zero attached hydrogens (tertiary/aromatic N) is 1. The van der Waals surface area contributed by atoms with Crippen LogP contribution < -0.4 is 20.1 Å². The Labute approximate surface area is 170 Å². The Bertz CT molecular complexity index is 925. The minimum absolute atomic E-state index is 0.129. The number of methoxy groups -OCH3 is 1. The third-order valence-corrected chi connectivity index (χ3v) is 4.32. The number of pyridine rings is 1. The van der Waals surface area contributed by atoms with Gasteiger partial charge in [-0.2, -0.15) is 0 Å². The molecule has 6 nitrogen and oxygen atoms in total. The molecule has 1 amide bonds. The molecule has 3 aromatic rings. The number of ether oxygens (including phenoxy) is 2. The standard InChI is InChI=1S/C23H25N3O3/c1-3-29-21-10-6-19(7-11-21)26-22-16-18(13-15-24-22)23(27)25-14-12-17-4-8-20(28-2)9-5-17/h4-11,13,15-16H,3,12,14H2,1-2H3,(H,24,26)(H,25,27). The van der Waals surface area contributed by atoms with Gasteiger partial charge in [0.25, 0.3) is 5.91 Å². The second-order valence-corrected chi connectivity index (χ2v) is 6.37. The van der Waals surface area contributed by atoms with E-state index in [1.54, 1.807) is 25.4 Å². The van der Waals surface area contributed by atoms with Crippen molar-refractivity contribution in [1.29, 1.82) is 0 Å². The van der Waals surface area contributed by atoms with Crippen LogP contribution in [0.5, 0.6) is 11.5 Å². The number of anilines is 2. The molecule has 0 aliphatic heterocycles. The van der Waals surface area contributed by atoms with Gasteiger partial charge in [0.2, 0.25) is 0 Å². The molecule has 0 unspecified atom stereocenters. The summed E-state index contributed by atoms with van der Waals surface area (Å²) in [5.74, 6) is 2.12. The summed E-state index contributed by atoms with van der Waals surface area (Å²) in [5.41, 5.74) is 2.57. The Morgan fingerprint density at radius 1 is 1.00 bits per heavy atom. The van der Waals surface area contributed by atoms with Crippen molar-refractivity contribution in [2.45, 2.75) is 13.3 Å². The predicted molar refractivity (Wildman–Crippen MR) is 114 cm³/mol. The fourth-order valence-corrected chi connectivity index (χ4v) is 2.80. The normalized spacial score (nSPS) is 10.3. The van der Waals surface area contributed by atoms with E-state index in [-0.39, 0.29) is 5.91 Å². The lowest BCUT2D eigenvalue weighted by atomic mass is 10.1. The van der Waals surface area contributed by atoms with Crippen LogP contribution in [0, 0.1) is 0 Å². The molecular formula is C23H25N3O3. The fraction of sp³-hybridized carbons (Fsp3) is 0.217. The first-order valence-corrected chi connectivity index (χ1v) is 9.55. The van der Waals surface area contributed by atoms with E-state index in [9.17, 15) is 4.79 Å². The lowest BCUT2D eigenvalue weighted by molar-refractivity contribution is 0.0954. The smallest absolute Gasteiger partial charge is 0.251 e. The van der Waals surface area contributed by atoms with Crippen molar-refractivity contribution < 1.29 is 14.3 Å². The number of nitrogens with one attached hydrogen (secondary N) is 2. The first-order chi connectivity index (χ1) is 14.2. The maximum atomic E-state index is 12.5. The van der Waals surface area contributed by atoms with Crippen LogP contribution in [-0.4, -0.2) is 31.2 Å². The van der Waals surface area contributed by atoms with Crippen molar-refractivity contribution in [3.8, 4) is 11.5 Å². The van der Waals surface area contributed by atoms with Crippen LogP contribution >= 0.6 is 0 Å². The zero-order chi connectivity index (χ0) is 20.5. The van der Waals surface area contributed by atoms with Gasteiger partial charge in [-0.15, -0.1) is 0 Å². The van der Waals surface area contributed by atoms with E-state index in [1.165, 1.54) is 0 Å². The molecule has 0 spiro atoms.